The second-order valence-corrected chi connectivity index (χ2v) is 6.67. The normalized spacial score (nSPS) is 19.4. The van der Waals surface area contributed by atoms with Crippen molar-refractivity contribution in [2.45, 2.75) is 43.1 Å². The Morgan fingerprint density at radius 3 is 2.95 bits per heavy atom. The van der Waals surface area contributed by atoms with Crippen molar-refractivity contribution in [3.63, 3.8) is 0 Å². The molecule has 0 aromatic carbocycles. The molecular weight excluding hydrogens is 296 g/mol. The number of anilines is 1. The molecule has 1 atom stereocenters. The highest BCUT2D eigenvalue weighted by Crippen LogP contribution is 2.19. The number of primary sulfonamides is 1. The fourth-order valence-electron chi connectivity index (χ4n) is 2.28. The fourth-order valence-corrected chi connectivity index (χ4v) is 2.94. The van der Waals surface area contributed by atoms with Crippen LogP contribution >= 0.6 is 0 Å². The number of aromatic nitrogens is 2. The van der Waals surface area contributed by atoms with Gasteiger partial charge in [-0.15, -0.1) is 0 Å². The molecule has 0 bridgehead atoms. The molecule has 1 amide bonds. The van der Waals surface area contributed by atoms with Gasteiger partial charge in [-0.2, -0.15) is 5.10 Å². The Bertz CT molecular complexity index is 605. The first kappa shape index (κ1) is 15.9. The highest BCUT2D eigenvalue weighted by molar-refractivity contribution is 7.89. The minimum absolute atomic E-state index is 0.0328. The van der Waals surface area contributed by atoms with E-state index in [0.717, 1.165) is 25.9 Å². The van der Waals surface area contributed by atoms with Crippen LogP contribution in [0.5, 0.6) is 0 Å². The summed E-state index contributed by atoms with van der Waals surface area (Å²) in [5.74, 6) is -0.331. The average Bonchev–Trinajstić information content (AvgIpc) is 2.78. The monoisotopic (exact) mass is 316 g/mol. The summed E-state index contributed by atoms with van der Waals surface area (Å²) in [5.41, 5.74) is 0. The quantitative estimate of drug-likeness (QED) is 0.813. The number of amides is 1. The van der Waals surface area contributed by atoms with Gasteiger partial charge in [-0.1, -0.05) is 0 Å². The van der Waals surface area contributed by atoms with Gasteiger partial charge in [0.2, 0.25) is 15.9 Å². The van der Waals surface area contributed by atoms with Crippen LogP contribution in [0.2, 0.25) is 0 Å². The van der Waals surface area contributed by atoms with Crippen molar-refractivity contribution in [1.29, 1.82) is 0 Å². The lowest BCUT2D eigenvalue weighted by Gasteiger charge is -2.22. The van der Waals surface area contributed by atoms with Crippen molar-refractivity contribution in [3.8, 4) is 0 Å². The molecule has 8 nitrogen and oxygen atoms in total. The van der Waals surface area contributed by atoms with Crippen LogP contribution in [0.25, 0.3) is 0 Å². The summed E-state index contributed by atoms with van der Waals surface area (Å²) in [4.78, 5) is 11.7. The zero-order chi connectivity index (χ0) is 15.5. The molecule has 118 valence electrons. The summed E-state index contributed by atoms with van der Waals surface area (Å²) in [6.07, 6.45) is 5.37. The standard InChI is InChI=1S/C12H20N4O4S/c1-16-8-10(21(13,18)19)12(15-16)14-11(17)6-5-9-4-2-3-7-20-9/h8-9H,2-7H2,1H3,(H2,13,18,19)(H,14,15,17). The molecule has 0 radical (unpaired) electrons. The molecule has 2 rings (SSSR count). The number of carbonyl (C=O) groups excluding carboxylic acids is 1. The van der Waals surface area contributed by atoms with Crippen molar-refractivity contribution >= 4 is 21.7 Å². The summed E-state index contributed by atoms with van der Waals surface area (Å²) in [6.45, 7) is 0.738. The lowest BCUT2D eigenvalue weighted by molar-refractivity contribution is -0.117. The van der Waals surface area contributed by atoms with Crippen LogP contribution in [0.3, 0.4) is 0 Å². The van der Waals surface area contributed by atoms with Crippen LogP contribution in [0.4, 0.5) is 5.82 Å². The lowest BCUT2D eigenvalue weighted by atomic mass is 10.0. The SMILES string of the molecule is Cn1cc(S(N)(=O)=O)c(NC(=O)CCC2CCCCO2)n1. The number of carbonyl (C=O) groups is 1. The van der Waals surface area contributed by atoms with E-state index in [9.17, 15) is 13.2 Å². The highest BCUT2D eigenvalue weighted by atomic mass is 32.2. The van der Waals surface area contributed by atoms with Crippen LogP contribution in [-0.4, -0.2) is 36.8 Å². The zero-order valence-corrected chi connectivity index (χ0v) is 12.7. The molecule has 1 unspecified atom stereocenters. The van der Waals surface area contributed by atoms with Crippen LogP contribution in [0.1, 0.15) is 32.1 Å². The molecule has 21 heavy (non-hydrogen) atoms. The van der Waals surface area contributed by atoms with Crippen LogP contribution in [0.15, 0.2) is 11.1 Å². The predicted molar refractivity (Wildman–Crippen MR) is 76.0 cm³/mol. The Labute approximate surface area is 123 Å². The molecule has 1 fully saturated rings. The first-order chi connectivity index (χ1) is 9.86. The maximum atomic E-state index is 11.9. The maximum Gasteiger partial charge on any atom is 0.243 e. The van der Waals surface area contributed by atoms with E-state index in [2.05, 4.69) is 10.4 Å². The lowest BCUT2D eigenvalue weighted by Crippen LogP contribution is -2.22. The van der Waals surface area contributed by atoms with Gasteiger partial charge >= 0.3 is 0 Å². The number of ether oxygens (including phenoxy) is 1. The largest absolute Gasteiger partial charge is 0.378 e. The van der Waals surface area contributed by atoms with Gasteiger partial charge < -0.3 is 10.1 Å². The van der Waals surface area contributed by atoms with E-state index in [1.165, 1.54) is 10.9 Å². The van der Waals surface area contributed by atoms with Gasteiger partial charge in [0.1, 0.15) is 4.90 Å². The molecular formula is C12H20N4O4S. The summed E-state index contributed by atoms with van der Waals surface area (Å²) < 4.78 is 29.7. The number of nitrogens with one attached hydrogen (secondary N) is 1. The van der Waals surface area contributed by atoms with E-state index in [4.69, 9.17) is 9.88 Å². The number of rotatable bonds is 5. The third-order valence-electron chi connectivity index (χ3n) is 3.33. The number of nitrogens with zero attached hydrogens (tertiary/aromatic N) is 2. The fraction of sp³-hybridized carbons (Fsp3) is 0.667. The van der Waals surface area contributed by atoms with E-state index in [-0.39, 0.29) is 29.1 Å². The van der Waals surface area contributed by atoms with Crippen molar-refractivity contribution < 1.29 is 17.9 Å². The molecule has 9 heteroatoms. The number of sulfonamides is 1. The molecule has 0 aliphatic carbocycles. The molecule has 1 aromatic rings. The predicted octanol–water partition coefficient (Wildman–Crippen LogP) is 0.355. The van der Waals surface area contributed by atoms with Crippen molar-refractivity contribution in [1.82, 2.24) is 9.78 Å². The molecule has 1 saturated heterocycles. The third kappa shape index (κ3) is 4.51. The summed E-state index contributed by atoms with van der Waals surface area (Å²) in [6, 6.07) is 0. The van der Waals surface area contributed by atoms with E-state index in [0.29, 0.717) is 6.42 Å². The zero-order valence-electron chi connectivity index (χ0n) is 11.9. The second kappa shape index (κ2) is 6.54. The maximum absolute atomic E-state index is 11.9. The van der Waals surface area contributed by atoms with Gasteiger partial charge in [0.15, 0.2) is 5.82 Å². The second-order valence-electron chi connectivity index (χ2n) is 5.14. The Kier molecular flexibility index (Phi) is 4.96. The van der Waals surface area contributed by atoms with Gasteiger partial charge in [0, 0.05) is 26.3 Å². The van der Waals surface area contributed by atoms with Crippen molar-refractivity contribution in [2.24, 2.45) is 12.2 Å². The number of nitrogens with two attached hydrogens (primary N) is 1. The molecule has 2 heterocycles. The van der Waals surface area contributed by atoms with E-state index in [1.54, 1.807) is 7.05 Å². The molecule has 0 spiro atoms. The highest BCUT2D eigenvalue weighted by Gasteiger charge is 2.21. The van der Waals surface area contributed by atoms with E-state index in [1.807, 2.05) is 0 Å². The number of aryl methyl sites for hydroxylation is 1. The number of hydrogen-bond donors (Lipinski definition) is 2. The molecule has 1 aliphatic rings. The first-order valence-electron chi connectivity index (χ1n) is 6.84. The van der Waals surface area contributed by atoms with Gasteiger partial charge in [-0.3, -0.25) is 9.48 Å². The Morgan fingerprint density at radius 2 is 2.33 bits per heavy atom. The minimum atomic E-state index is -3.92. The number of hydrogen-bond acceptors (Lipinski definition) is 5. The van der Waals surface area contributed by atoms with Crippen LogP contribution in [0, 0.1) is 0 Å². The minimum Gasteiger partial charge on any atom is -0.378 e. The molecule has 1 aromatic heterocycles. The molecule has 1 aliphatic heterocycles. The molecule has 3 N–H and O–H groups in total. The average molecular weight is 316 g/mol. The van der Waals surface area contributed by atoms with Crippen molar-refractivity contribution in [2.75, 3.05) is 11.9 Å². The van der Waals surface area contributed by atoms with E-state index < -0.39 is 10.0 Å². The smallest absolute Gasteiger partial charge is 0.243 e. The van der Waals surface area contributed by atoms with Crippen LogP contribution < -0.4 is 10.5 Å². The third-order valence-corrected chi connectivity index (χ3v) is 4.24. The summed E-state index contributed by atoms with van der Waals surface area (Å²) >= 11 is 0. The summed E-state index contributed by atoms with van der Waals surface area (Å²) in [5, 5.41) is 11.5. The van der Waals surface area contributed by atoms with Crippen LogP contribution in [-0.2, 0) is 26.6 Å². The summed E-state index contributed by atoms with van der Waals surface area (Å²) in [7, 11) is -2.36. The Hall–Kier alpha value is -1.45. The van der Waals surface area contributed by atoms with Gasteiger partial charge in [-0.05, 0) is 25.7 Å². The Morgan fingerprint density at radius 1 is 1.57 bits per heavy atom. The Balaban J connectivity index is 1.93. The van der Waals surface area contributed by atoms with Crippen molar-refractivity contribution in [3.05, 3.63) is 6.20 Å². The van der Waals surface area contributed by atoms with E-state index >= 15 is 0 Å². The topological polar surface area (TPSA) is 116 Å². The van der Waals surface area contributed by atoms with Gasteiger partial charge in [-0.25, -0.2) is 13.6 Å². The van der Waals surface area contributed by atoms with Gasteiger partial charge in [0.25, 0.3) is 0 Å². The van der Waals surface area contributed by atoms with Gasteiger partial charge in [0.05, 0.1) is 6.10 Å². The first-order valence-corrected chi connectivity index (χ1v) is 8.39. The molecule has 0 saturated carbocycles.